The molecule has 0 amide bonds. The van der Waals surface area contributed by atoms with Gasteiger partial charge in [0, 0.05) is 11.9 Å². The Morgan fingerprint density at radius 1 is 1.42 bits per heavy atom. The van der Waals surface area contributed by atoms with Gasteiger partial charge < -0.3 is 10.4 Å². The summed E-state index contributed by atoms with van der Waals surface area (Å²) in [7, 11) is 0. The molecule has 1 aromatic carbocycles. The van der Waals surface area contributed by atoms with Crippen LogP contribution >= 0.6 is 0 Å². The second-order valence-corrected chi connectivity index (χ2v) is 5.07. The molecule has 98 valence electrons. The molecule has 5 nitrogen and oxygen atoms in total. The van der Waals surface area contributed by atoms with Crippen LogP contribution in [0, 0.1) is 11.8 Å². The number of hydrogen-bond donors (Lipinski definition) is 2. The number of carboxylic acids is 1. The summed E-state index contributed by atoms with van der Waals surface area (Å²) in [6.07, 6.45) is 1.22. The molecule has 0 aliphatic heterocycles. The number of aromatic carboxylic acids is 1. The highest BCUT2D eigenvalue weighted by Crippen LogP contribution is 2.37. The van der Waals surface area contributed by atoms with Crippen LogP contribution in [0.3, 0.4) is 0 Å². The first-order valence-corrected chi connectivity index (χ1v) is 6.39. The molecule has 1 fully saturated rings. The number of nitrogens with zero attached hydrogens (tertiary/aromatic N) is 2. The zero-order valence-electron chi connectivity index (χ0n) is 10.6. The third kappa shape index (κ3) is 2.36. The number of nitrogens with one attached hydrogen (secondary N) is 1. The molecule has 0 radical (unpaired) electrons. The second-order valence-electron chi connectivity index (χ2n) is 5.07. The van der Waals surface area contributed by atoms with Crippen molar-refractivity contribution >= 4 is 22.7 Å². The molecule has 2 N–H and O–H groups in total. The van der Waals surface area contributed by atoms with Gasteiger partial charge in [-0.2, -0.15) is 0 Å². The molecule has 1 aliphatic rings. The van der Waals surface area contributed by atoms with Crippen LogP contribution in [0.4, 0.5) is 5.82 Å². The Balaban J connectivity index is 1.97. The zero-order valence-corrected chi connectivity index (χ0v) is 10.6. The molecule has 19 heavy (non-hydrogen) atoms. The Bertz CT molecular complexity index is 642. The van der Waals surface area contributed by atoms with Crippen molar-refractivity contribution in [3.05, 3.63) is 30.1 Å². The molecule has 1 saturated carbocycles. The quantitative estimate of drug-likeness (QED) is 0.879. The van der Waals surface area contributed by atoms with Crippen molar-refractivity contribution in [2.75, 3.05) is 11.9 Å². The Hall–Kier alpha value is -2.17. The van der Waals surface area contributed by atoms with Gasteiger partial charge in [0.05, 0.1) is 5.52 Å². The fourth-order valence-electron chi connectivity index (χ4n) is 2.22. The Morgan fingerprint density at radius 3 is 2.84 bits per heavy atom. The van der Waals surface area contributed by atoms with E-state index < -0.39 is 5.97 Å². The largest absolute Gasteiger partial charge is 0.475 e. The van der Waals surface area contributed by atoms with E-state index in [0.29, 0.717) is 17.3 Å². The number of fused-ring (bicyclic) bond motifs is 1. The number of carboxylic acid groups (broad SMARTS) is 1. The fourth-order valence-corrected chi connectivity index (χ4v) is 2.22. The summed E-state index contributed by atoms with van der Waals surface area (Å²) in [4.78, 5) is 19.2. The van der Waals surface area contributed by atoms with E-state index in [0.717, 1.165) is 17.8 Å². The van der Waals surface area contributed by atoms with E-state index in [1.807, 2.05) is 18.2 Å². The molecule has 2 unspecified atom stereocenters. The maximum Gasteiger partial charge on any atom is 0.374 e. The number of hydrogen-bond acceptors (Lipinski definition) is 4. The van der Waals surface area contributed by atoms with Gasteiger partial charge in [0.25, 0.3) is 0 Å². The summed E-state index contributed by atoms with van der Waals surface area (Å²) in [6, 6.07) is 7.44. The third-order valence-corrected chi connectivity index (χ3v) is 3.60. The lowest BCUT2D eigenvalue weighted by molar-refractivity contribution is 0.0684. The van der Waals surface area contributed by atoms with Gasteiger partial charge in [-0.15, -0.1) is 0 Å². The average Bonchev–Trinajstić information content (AvgIpc) is 3.11. The molecule has 1 heterocycles. The first-order chi connectivity index (χ1) is 9.15. The predicted octanol–water partition coefficient (Wildman–Crippen LogP) is 2.40. The Labute approximate surface area is 110 Å². The molecule has 1 aliphatic carbocycles. The molecule has 1 aromatic heterocycles. The van der Waals surface area contributed by atoms with E-state index in [9.17, 15) is 4.79 Å². The van der Waals surface area contributed by atoms with Crippen molar-refractivity contribution in [1.29, 1.82) is 0 Å². The van der Waals surface area contributed by atoms with Crippen LogP contribution in [-0.4, -0.2) is 27.6 Å². The van der Waals surface area contributed by atoms with Crippen LogP contribution in [0.25, 0.3) is 10.9 Å². The SMILES string of the molecule is CC1CC1CNc1nc(C(=O)O)nc2ccccc12. The summed E-state index contributed by atoms with van der Waals surface area (Å²) >= 11 is 0. The minimum atomic E-state index is -1.10. The predicted molar refractivity (Wildman–Crippen MR) is 72.3 cm³/mol. The van der Waals surface area contributed by atoms with Gasteiger partial charge in [-0.3, -0.25) is 0 Å². The number of benzene rings is 1. The molecule has 0 spiro atoms. The minimum absolute atomic E-state index is 0.162. The summed E-state index contributed by atoms with van der Waals surface area (Å²) in [5.41, 5.74) is 0.654. The van der Waals surface area contributed by atoms with Gasteiger partial charge in [-0.1, -0.05) is 19.1 Å². The Kier molecular flexibility index (Phi) is 2.81. The molecule has 2 aromatic rings. The van der Waals surface area contributed by atoms with Crippen molar-refractivity contribution in [3.63, 3.8) is 0 Å². The molecule has 2 atom stereocenters. The van der Waals surface area contributed by atoms with Gasteiger partial charge in [0.15, 0.2) is 0 Å². The van der Waals surface area contributed by atoms with Crippen LogP contribution < -0.4 is 5.32 Å². The van der Waals surface area contributed by atoms with Gasteiger partial charge in [0.1, 0.15) is 5.82 Å². The van der Waals surface area contributed by atoms with E-state index in [-0.39, 0.29) is 5.82 Å². The number of rotatable bonds is 4. The summed E-state index contributed by atoms with van der Waals surface area (Å²) in [6.45, 7) is 3.05. The third-order valence-electron chi connectivity index (χ3n) is 3.60. The van der Waals surface area contributed by atoms with Crippen molar-refractivity contribution in [2.45, 2.75) is 13.3 Å². The standard InChI is InChI=1S/C14H15N3O2/c1-8-6-9(8)7-15-12-10-4-2-3-5-11(10)16-13(17-12)14(18)19/h2-5,8-9H,6-7H2,1H3,(H,18,19)(H,15,16,17). The van der Waals surface area contributed by atoms with E-state index >= 15 is 0 Å². The van der Waals surface area contributed by atoms with Gasteiger partial charge in [-0.05, 0) is 30.4 Å². The summed E-state index contributed by atoms with van der Waals surface area (Å²) in [5.74, 6) is 0.766. The number of carbonyl (C=O) groups is 1. The molecule has 5 heteroatoms. The van der Waals surface area contributed by atoms with E-state index in [1.54, 1.807) is 6.07 Å². The van der Waals surface area contributed by atoms with Crippen LogP contribution in [0.2, 0.25) is 0 Å². The van der Waals surface area contributed by atoms with Gasteiger partial charge in [0.2, 0.25) is 5.82 Å². The maximum absolute atomic E-state index is 11.0. The van der Waals surface area contributed by atoms with E-state index in [4.69, 9.17) is 5.11 Å². The summed E-state index contributed by atoms with van der Waals surface area (Å²) in [5, 5.41) is 13.2. The first kappa shape index (κ1) is 11.9. The van der Waals surface area contributed by atoms with Crippen LogP contribution in [0.15, 0.2) is 24.3 Å². The normalized spacial score (nSPS) is 21.3. The molecular weight excluding hydrogens is 242 g/mol. The Morgan fingerprint density at radius 2 is 2.16 bits per heavy atom. The topological polar surface area (TPSA) is 75.1 Å². The highest BCUT2D eigenvalue weighted by atomic mass is 16.4. The molecule has 0 bridgehead atoms. The summed E-state index contributed by atoms with van der Waals surface area (Å²) < 4.78 is 0. The molecule has 3 rings (SSSR count). The zero-order chi connectivity index (χ0) is 13.4. The molecule has 0 saturated heterocycles. The number of anilines is 1. The monoisotopic (exact) mass is 257 g/mol. The number of aromatic nitrogens is 2. The second kappa shape index (κ2) is 4.50. The van der Waals surface area contributed by atoms with Crippen molar-refractivity contribution in [3.8, 4) is 0 Å². The van der Waals surface area contributed by atoms with Crippen molar-refractivity contribution in [1.82, 2.24) is 9.97 Å². The highest BCUT2D eigenvalue weighted by Gasteiger charge is 2.32. The molecular formula is C14H15N3O2. The van der Waals surface area contributed by atoms with Crippen molar-refractivity contribution in [2.24, 2.45) is 11.8 Å². The lowest BCUT2D eigenvalue weighted by Crippen LogP contribution is -2.11. The average molecular weight is 257 g/mol. The van der Waals surface area contributed by atoms with Gasteiger partial charge >= 0.3 is 5.97 Å². The van der Waals surface area contributed by atoms with Gasteiger partial charge in [-0.25, -0.2) is 14.8 Å². The lowest BCUT2D eigenvalue weighted by Gasteiger charge is -2.09. The fraction of sp³-hybridized carbons (Fsp3) is 0.357. The van der Waals surface area contributed by atoms with Crippen LogP contribution in [0.1, 0.15) is 24.0 Å². The highest BCUT2D eigenvalue weighted by molar-refractivity contribution is 5.93. The lowest BCUT2D eigenvalue weighted by atomic mass is 10.2. The van der Waals surface area contributed by atoms with E-state index in [1.165, 1.54) is 6.42 Å². The minimum Gasteiger partial charge on any atom is -0.475 e. The van der Waals surface area contributed by atoms with Crippen molar-refractivity contribution < 1.29 is 9.90 Å². The maximum atomic E-state index is 11.0. The van der Waals surface area contributed by atoms with Crippen LogP contribution in [0.5, 0.6) is 0 Å². The number of para-hydroxylation sites is 1. The smallest absolute Gasteiger partial charge is 0.374 e. The van der Waals surface area contributed by atoms with Crippen LogP contribution in [-0.2, 0) is 0 Å². The van der Waals surface area contributed by atoms with E-state index in [2.05, 4.69) is 22.2 Å². The first-order valence-electron chi connectivity index (χ1n) is 6.39.